The van der Waals surface area contributed by atoms with Crippen LogP contribution in [0.15, 0.2) is 24.3 Å². The van der Waals surface area contributed by atoms with E-state index in [1.165, 1.54) is 18.2 Å². The largest absolute Gasteiger partial charge is 0.480 e. The first-order chi connectivity index (χ1) is 10.0. The second kappa shape index (κ2) is 6.39. The number of carboxylic acid groups (broad SMARTS) is 1. The number of amides is 1. The first kappa shape index (κ1) is 15.0. The van der Waals surface area contributed by atoms with Crippen molar-refractivity contribution < 1.29 is 19.1 Å². The lowest BCUT2D eigenvalue weighted by Crippen LogP contribution is -2.40. The van der Waals surface area contributed by atoms with Gasteiger partial charge in [0.05, 0.1) is 0 Å². The Morgan fingerprint density at radius 2 is 2.19 bits per heavy atom. The molecule has 2 aromatic rings. The number of hydrogen-bond acceptors (Lipinski definition) is 2. The van der Waals surface area contributed by atoms with Crippen molar-refractivity contribution in [2.75, 3.05) is 0 Å². The number of nitrogens with one attached hydrogen (secondary N) is 2. The molecule has 0 saturated carbocycles. The average Bonchev–Trinajstić information content (AvgIpc) is 2.88. The summed E-state index contributed by atoms with van der Waals surface area (Å²) in [6.07, 6.45) is 1.92. The number of carbonyl (C=O) groups is 2. The predicted octanol–water partition coefficient (Wildman–Crippen LogP) is 2.68. The zero-order chi connectivity index (χ0) is 15.4. The van der Waals surface area contributed by atoms with Gasteiger partial charge in [0.25, 0.3) is 5.91 Å². The molecule has 0 bridgehead atoms. The Bertz CT molecular complexity index is 666. The van der Waals surface area contributed by atoms with Crippen molar-refractivity contribution in [2.24, 2.45) is 0 Å². The van der Waals surface area contributed by atoms with Gasteiger partial charge in [0.2, 0.25) is 0 Å². The van der Waals surface area contributed by atoms with Gasteiger partial charge in [-0.3, -0.25) is 4.79 Å². The van der Waals surface area contributed by atoms with Gasteiger partial charge in [0.15, 0.2) is 0 Å². The van der Waals surface area contributed by atoms with E-state index in [1.807, 2.05) is 6.92 Å². The number of aromatic nitrogens is 1. The van der Waals surface area contributed by atoms with Crippen molar-refractivity contribution in [2.45, 2.75) is 32.2 Å². The van der Waals surface area contributed by atoms with Gasteiger partial charge in [0, 0.05) is 10.9 Å². The molecule has 0 radical (unpaired) electrons. The van der Waals surface area contributed by atoms with E-state index in [4.69, 9.17) is 5.11 Å². The van der Waals surface area contributed by atoms with Gasteiger partial charge >= 0.3 is 5.97 Å². The van der Waals surface area contributed by atoms with E-state index in [1.54, 1.807) is 6.07 Å². The normalized spacial score (nSPS) is 12.3. The van der Waals surface area contributed by atoms with Crippen LogP contribution in [-0.2, 0) is 4.79 Å². The number of fused-ring (bicyclic) bond motifs is 1. The fourth-order valence-electron chi connectivity index (χ4n) is 2.14. The number of benzene rings is 1. The predicted molar refractivity (Wildman–Crippen MR) is 76.7 cm³/mol. The second-order valence-electron chi connectivity index (χ2n) is 4.89. The van der Waals surface area contributed by atoms with Crippen LogP contribution in [0, 0.1) is 5.82 Å². The fourth-order valence-corrected chi connectivity index (χ4v) is 2.14. The smallest absolute Gasteiger partial charge is 0.326 e. The number of hydrogen-bond donors (Lipinski definition) is 3. The highest BCUT2D eigenvalue weighted by molar-refractivity contribution is 5.99. The highest BCUT2D eigenvalue weighted by atomic mass is 19.1. The van der Waals surface area contributed by atoms with E-state index in [9.17, 15) is 14.0 Å². The zero-order valence-electron chi connectivity index (χ0n) is 11.6. The summed E-state index contributed by atoms with van der Waals surface area (Å²) in [5.41, 5.74) is 0.651. The highest BCUT2D eigenvalue weighted by Crippen LogP contribution is 2.18. The number of carboxylic acids is 1. The number of aromatic amines is 1. The number of aliphatic carboxylic acids is 1. The molecule has 0 fully saturated rings. The molecular weight excluding hydrogens is 275 g/mol. The molecule has 1 aromatic carbocycles. The highest BCUT2D eigenvalue weighted by Gasteiger charge is 2.21. The summed E-state index contributed by atoms with van der Waals surface area (Å²) in [5, 5.41) is 11.9. The zero-order valence-corrected chi connectivity index (χ0v) is 11.6. The molecule has 1 heterocycles. The van der Waals surface area contributed by atoms with E-state index >= 15 is 0 Å². The Kier molecular flexibility index (Phi) is 4.57. The van der Waals surface area contributed by atoms with Crippen molar-refractivity contribution in [3.05, 3.63) is 35.8 Å². The Balaban J connectivity index is 2.17. The van der Waals surface area contributed by atoms with Crippen molar-refractivity contribution in [3.8, 4) is 0 Å². The number of carbonyl (C=O) groups excluding carboxylic acids is 1. The van der Waals surface area contributed by atoms with Gasteiger partial charge < -0.3 is 15.4 Å². The molecular formula is C15H17FN2O3. The van der Waals surface area contributed by atoms with Crippen LogP contribution in [0.4, 0.5) is 4.39 Å². The number of unbranched alkanes of at least 4 members (excludes halogenated alkanes) is 1. The van der Waals surface area contributed by atoms with Gasteiger partial charge in [-0.15, -0.1) is 0 Å². The Hall–Kier alpha value is -2.37. The molecule has 1 atom stereocenters. The molecule has 1 aromatic heterocycles. The lowest BCUT2D eigenvalue weighted by molar-refractivity contribution is -0.139. The number of rotatable bonds is 6. The quantitative estimate of drug-likeness (QED) is 0.765. The molecule has 5 nitrogen and oxygen atoms in total. The van der Waals surface area contributed by atoms with Crippen LogP contribution in [0.3, 0.4) is 0 Å². The lowest BCUT2D eigenvalue weighted by atomic mass is 10.1. The molecule has 21 heavy (non-hydrogen) atoms. The molecule has 0 saturated heterocycles. The van der Waals surface area contributed by atoms with E-state index in [0.717, 1.165) is 6.42 Å². The maximum Gasteiger partial charge on any atom is 0.326 e. The Morgan fingerprint density at radius 1 is 1.43 bits per heavy atom. The van der Waals surface area contributed by atoms with Crippen LogP contribution in [0.5, 0.6) is 0 Å². The van der Waals surface area contributed by atoms with Crippen molar-refractivity contribution in [3.63, 3.8) is 0 Å². The summed E-state index contributed by atoms with van der Waals surface area (Å²) < 4.78 is 13.6. The average molecular weight is 292 g/mol. The molecule has 0 aliphatic heterocycles. The third kappa shape index (κ3) is 3.39. The van der Waals surface area contributed by atoms with Crippen molar-refractivity contribution in [1.29, 1.82) is 0 Å². The summed E-state index contributed by atoms with van der Waals surface area (Å²) in [4.78, 5) is 26.0. The van der Waals surface area contributed by atoms with Gasteiger partial charge in [0.1, 0.15) is 17.6 Å². The molecule has 112 valence electrons. The number of H-pyrrole nitrogens is 1. The van der Waals surface area contributed by atoms with E-state index in [-0.39, 0.29) is 5.69 Å². The van der Waals surface area contributed by atoms with Gasteiger partial charge in [-0.1, -0.05) is 25.8 Å². The van der Waals surface area contributed by atoms with Crippen molar-refractivity contribution in [1.82, 2.24) is 10.3 Å². The minimum Gasteiger partial charge on any atom is -0.480 e. The summed E-state index contributed by atoms with van der Waals surface area (Å²) >= 11 is 0. The van der Waals surface area contributed by atoms with E-state index in [0.29, 0.717) is 23.7 Å². The lowest BCUT2D eigenvalue weighted by Gasteiger charge is -2.13. The molecule has 2 rings (SSSR count). The second-order valence-corrected chi connectivity index (χ2v) is 4.89. The molecule has 1 unspecified atom stereocenters. The van der Waals surface area contributed by atoms with Crippen LogP contribution < -0.4 is 5.32 Å². The molecule has 0 spiro atoms. The molecule has 0 aliphatic carbocycles. The van der Waals surface area contributed by atoms with Gasteiger partial charge in [-0.25, -0.2) is 9.18 Å². The molecule has 6 heteroatoms. The third-order valence-corrected chi connectivity index (χ3v) is 3.31. The van der Waals surface area contributed by atoms with Gasteiger partial charge in [-0.2, -0.15) is 0 Å². The Morgan fingerprint density at radius 3 is 2.81 bits per heavy atom. The minimum atomic E-state index is -1.07. The SMILES string of the molecule is CCCCC(NC(=O)c1cc2c(F)cccc2[nH]1)C(=O)O. The summed E-state index contributed by atoms with van der Waals surface area (Å²) in [6.45, 7) is 1.95. The fraction of sp³-hybridized carbons (Fsp3) is 0.333. The van der Waals surface area contributed by atoms with Crippen LogP contribution in [0.2, 0.25) is 0 Å². The minimum absolute atomic E-state index is 0.151. The van der Waals surface area contributed by atoms with Crippen LogP contribution in [0.25, 0.3) is 10.9 Å². The van der Waals surface area contributed by atoms with Crippen LogP contribution >= 0.6 is 0 Å². The Labute approximate surface area is 121 Å². The topological polar surface area (TPSA) is 82.2 Å². The summed E-state index contributed by atoms with van der Waals surface area (Å²) in [6, 6.07) is 4.95. The summed E-state index contributed by atoms with van der Waals surface area (Å²) in [7, 11) is 0. The van der Waals surface area contributed by atoms with Crippen LogP contribution in [-0.4, -0.2) is 28.0 Å². The van der Waals surface area contributed by atoms with E-state index < -0.39 is 23.7 Å². The first-order valence-corrected chi connectivity index (χ1v) is 6.83. The first-order valence-electron chi connectivity index (χ1n) is 6.83. The maximum atomic E-state index is 13.6. The van der Waals surface area contributed by atoms with Crippen LogP contribution in [0.1, 0.15) is 36.7 Å². The van der Waals surface area contributed by atoms with E-state index in [2.05, 4.69) is 10.3 Å². The molecule has 3 N–H and O–H groups in total. The monoisotopic (exact) mass is 292 g/mol. The third-order valence-electron chi connectivity index (χ3n) is 3.31. The standard InChI is InChI=1S/C15H17FN2O3/c1-2-3-6-12(15(20)21)18-14(19)13-8-9-10(16)5-4-7-11(9)17-13/h4-5,7-8,12,17H,2-3,6H2,1H3,(H,18,19)(H,20,21). The van der Waals surface area contributed by atoms with Crippen molar-refractivity contribution >= 4 is 22.8 Å². The van der Waals surface area contributed by atoms with Gasteiger partial charge in [-0.05, 0) is 24.6 Å². The maximum absolute atomic E-state index is 13.6. The molecule has 0 aliphatic rings. The summed E-state index contributed by atoms with van der Waals surface area (Å²) in [5.74, 6) is -2.04. The molecule has 1 amide bonds. The number of halogens is 1.